The average molecular weight is 378 g/mol. The third kappa shape index (κ3) is 4.82. The van der Waals surface area contributed by atoms with Crippen LogP contribution >= 0.6 is 0 Å². The maximum atomic E-state index is 12.5. The fourth-order valence-electron chi connectivity index (χ4n) is 2.66. The van der Waals surface area contributed by atoms with Gasteiger partial charge in [-0.1, -0.05) is 18.2 Å². The van der Waals surface area contributed by atoms with Crippen molar-refractivity contribution < 1.29 is 14.0 Å². The number of carbonyl (C=O) groups excluding carboxylic acids is 2. The van der Waals surface area contributed by atoms with Gasteiger partial charge in [-0.3, -0.25) is 9.59 Å². The van der Waals surface area contributed by atoms with Crippen molar-refractivity contribution in [1.29, 1.82) is 0 Å². The summed E-state index contributed by atoms with van der Waals surface area (Å²) < 4.78 is 5.68. The third-order valence-corrected chi connectivity index (χ3v) is 4.22. The maximum absolute atomic E-state index is 12.5. The highest BCUT2D eigenvalue weighted by molar-refractivity contribution is 5.94. The average Bonchev–Trinajstić information content (AvgIpc) is 3.03. The fraction of sp³-hybridized carbons (Fsp3) is 0.238. The number of pyridine rings is 1. The number of nitrogens with zero attached hydrogens (tertiary/aromatic N) is 3. The zero-order chi connectivity index (χ0) is 20.1. The zero-order valence-corrected chi connectivity index (χ0v) is 16.1. The lowest BCUT2D eigenvalue weighted by Crippen LogP contribution is -2.36. The Morgan fingerprint density at radius 1 is 1.14 bits per heavy atom. The molecule has 0 aliphatic heterocycles. The van der Waals surface area contributed by atoms with Gasteiger partial charge >= 0.3 is 0 Å². The molecule has 0 fully saturated rings. The van der Waals surface area contributed by atoms with E-state index in [1.807, 2.05) is 43.3 Å². The summed E-state index contributed by atoms with van der Waals surface area (Å²) in [4.78, 5) is 34.6. The van der Waals surface area contributed by atoms with Gasteiger partial charge in [-0.15, -0.1) is 0 Å². The van der Waals surface area contributed by atoms with Crippen LogP contribution in [0.3, 0.4) is 0 Å². The Morgan fingerprint density at radius 2 is 1.89 bits per heavy atom. The fourth-order valence-corrected chi connectivity index (χ4v) is 2.66. The van der Waals surface area contributed by atoms with Gasteiger partial charge in [-0.05, 0) is 43.7 Å². The molecule has 144 valence electrons. The molecule has 0 saturated carbocycles. The van der Waals surface area contributed by atoms with Crippen molar-refractivity contribution in [2.24, 2.45) is 0 Å². The second-order valence-corrected chi connectivity index (χ2v) is 6.58. The summed E-state index contributed by atoms with van der Waals surface area (Å²) in [7, 11) is 1.58. The van der Waals surface area contributed by atoms with Crippen LogP contribution in [-0.2, 0) is 16.0 Å². The van der Waals surface area contributed by atoms with Gasteiger partial charge in [0.1, 0.15) is 11.6 Å². The molecule has 0 bridgehead atoms. The molecule has 3 aromatic rings. The number of benzene rings is 1. The van der Waals surface area contributed by atoms with Crippen molar-refractivity contribution in [3.05, 3.63) is 65.7 Å². The van der Waals surface area contributed by atoms with Crippen molar-refractivity contribution in [1.82, 2.24) is 14.9 Å². The first kappa shape index (κ1) is 19.3. The summed E-state index contributed by atoms with van der Waals surface area (Å²) in [5.41, 5.74) is 2.41. The van der Waals surface area contributed by atoms with Crippen molar-refractivity contribution in [3.63, 3.8) is 0 Å². The van der Waals surface area contributed by atoms with Gasteiger partial charge < -0.3 is 14.6 Å². The summed E-state index contributed by atoms with van der Waals surface area (Å²) in [5.74, 6) is 1.01. The zero-order valence-electron chi connectivity index (χ0n) is 16.1. The van der Waals surface area contributed by atoms with Gasteiger partial charge in [-0.2, -0.15) is 0 Å². The van der Waals surface area contributed by atoms with Gasteiger partial charge in [0.05, 0.1) is 18.7 Å². The standard InChI is InChI=1S/C21H22N4O3/c1-14-9-10-22-18(11-14)24-19(26)13-25(3)20(27)12-17-15(2)28-21(23-17)16-7-5-4-6-8-16/h4-11H,12-13H2,1-3H3,(H,22,24,26). The first-order chi connectivity index (χ1) is 13.4. The Hall–Kier alpha value is -3.48. The molecule has 7 nitrogen and oxygen atoms in total. The first-order valence-corrected chi connectivity index (χ1v) is 8.90. The lowest BCUT2D eigenvalue weighted by Gasteiger charge is -2.16. The molecule has 0 atom stereocenters. The minimum atomic E-state index is -0.309. The predicted molar refractivity (Wildman–Crippen MR) is 106 cm³/mol. The van der Waals surface area contributed by atoms with Crippen molar-refractivity contribution in [2.45, 2.75) is 20.3 Å². The SMILES string of the molecule is Cc1ccnc(NC(=O)CN(C)C(=O)Cc2nc(-c3ccccc3)oc2C)c1. The molecule has 0 spiro atoms. The normalized spacial score (nSPS) is 10.5. The Labute approximate surface area is 163 Å². The molecule has 3 rings (SSSR count). The summed E-state index contributed by atoms with van der Waals surface area (Å²) in [6, 6.07) is 13.1. The highest BCUT2D eigenvalue weighted by Gasteiger charge is 2.19. The summed E-state index contributed by atoms with van der Waals surface area (Å²) in [5, 5.41) is 2.69. The van der Waals surface area contributed by atoms with Crippen molar-refractivity contribution in [2.75, 3.05) is 18.9 Å². The Bertz CT molecular complexity index is 982. The van der Waals surface area contributed by atoms with E-state index >= 15 is 0 Å². The van der Waals surface area contributed by atoms with E-state index in [-0.39, 0.29) is 24.8 Å². The molecular weight excluding hydrogens is 356 g/mol. The molecule has 1 aromatic carbocycles. The van der Waals surface area contributed by atoms with Crippen LogP contribution in [0.2, 0.25) is 0 Å². The molecule has 0 aliphatic carbocycles. The van der Waals surface area contributed by atoms with E-state index in [9.17, 15) is 9.59 Å². The Morgan fingerprint density at radius 3 is 2.61 bits per heavy atom. The molecule has 2 amide bonds. The number of aromatic nitrogens is 2. The molecule has 1 N–H and O–H groups in total. The summed E-state index contributed by atoms with van der Waals surface area (Å²) >= 11 is 0. The number of hydrogen-bond donors (Lipinski definition) is 1. The number of nitrogens with one attached hydrogen (secondary N) is 1. The predicted octanol–water partition coefficient (Wildman–Crippen LogP) is 2.99. The van der Waals surface area contributed by atoms with Crippen molar-refractivity contribution in [3.8, 4) is 11.5 Å². The lowest BCUT2D eigenvalue weighted by molar-refractivity contribution is -0.132. The second-order valence-electron chi connectivity index (χ2n) is 6.58. The Kier molecular flexibility index (Phi) is 5.84. The van der Waals surface area contributed by atoms with E-state index in [2.05, 4.69) is 15.3 Å². The largest absolute Gasteiger partial charge is 0.441 e. The molecule has 0 aliphatic rings. The van der Waals surface area contributed by atoms with Gasteiger partial charge in [-0.25, -0.2) is 9.97 Å². The molecular formula is C21H22N4O3. The quantitative estimate of drug-likeness (QED) is 0.712. The van der Waals surface area contributed by atoms with Crippen LogP contribution in [0.1, 0.15) is 17.0 Å². The van der Waals surface area contributed by atoms with Gasteiger partial charge in [0.25, 0.3) is 0 Å². The van der Waals surface area contributed by atoms with Crippen LogP contribution in [-0.4, -0.2) is 40.3 Å². The summed E-state index contributed by atoms with van der Waals surface area (Å²) in [6.45, 7) is 3.62. The van der Waals surface area contributed by atoms with Gasteiger partial charge in [0, 0.05) is 18.8 Å². The lowest BCUT2D eigenvalue weighted by atomic mass is 10.2. The number of anilines is 1. The third-order valence-electron chi connectivity index (χ3n) is 4.22. The molecule has 0 unspecified atom stereocenters. The van der Waals surface area contributed by atoms with Crippen LogP contribution in [0.5, 0.6) is 0 Å². The smallest absolute Gasteiger partial charge is 0.245 e. The second kappa shape index (κ2) is 8.47. The number of likely N-dealkylation sites (N-methyl/N-ethyl adjacent to an activating group) is 1. The minimum Gasteiger partial charge on any atom is -0.441 e. The number of carbonyl (C=O) groups is 2. The summed E-state index contributed by atoms with van der Waals surface area (Å²) in [6.07, 6.45) is 1.69. The number of aryl methyl sites for hydroxylation is 2. The van der Waals surface area contributed by atoms with E-state index < -0.39 is 0 Å². The van der Waals surface area contributed by atoms with Gasteiger partial charge in [0.2, 0.25) is 17.7 Å². The molecule has 0 saturated heterocycles. The molecule has 2 aromatic heterocycles. The van der Waals surface area contributed by atoms with E-state index in [1.165, 1.54) is 4.90 Å². The van der Waals surface area contributed by atoms with Crippen LogP contribution in [0, 0.1) is 13.8 Å². The minimum absolute atomic E-state index is 0.0641. The maximum Gasteiger partial charge on any atom is 0.245 e. The monoisotopic (exact) mass is 378 g/mol. The number of amides is 2. The van der Waals surface area contributed by atoms with Crippen LogP contribution in [0.25, 0.3) is 11.5 Å². The van der Waals surface area contributed by atoms with E-state index in [0.717, 1.165) is 11.1 Å². The van der Waals surface area contributed by atoms with Crippen molar-refractivity contribution >= 4 is 17.6 Å². The van der Waals surface area contributed by atoms with Crippen LogP contribution in [0.15, 0.2) is 53.1 Å². The highest BCUT2D eigenvalue weighted by atomic mass is 16.4. The van der Waals surface area contributed by atoms with Crippen LogP contribution < -0.4 is 5.32 Å². The van der Waals surface area contributed by atoms with E-state index in [0.29, 0.717) is 23.2 Å². The number of oxazole rings is 1. The van der Waals surface area contributed by atoms with Crippen LogP contribution in [0.4, 0.5) is 5.82 Å². The van der Waals surface area contributed by atoms with Gasteiger partial charge in [0.15, 0.2) is 0 Å². The topological polar surface area (TPSA) is 88.3 Å². The number of hydrogen-bond acceptors (Lipinski definition) is 5. The molecule has 0 radical (unpaired) electrons. The molecule has 7 heteroatoms. The number of rotatable bonds is 6. The molecule has 28 heavy (non-hydrogen) atoms. The van der Waals surface area contributed by atoms with E-state index in [4.69, 9.17) is 4.42 Å². The highest BCUT2D eigenvalue weighted by Crippen LogP contribution is 2.21. The Balaban J connectivity index is 1.60. The van der Waals surface area contributed by atoms with E-state index in [1.54, 1.807) is 26.2 Å². The molecule has 2 heterocycles. The first-order valence-electron chi connectivity index (χ1n) is 8.90.